The van der Waals surface area contributed by atoms with Crippen molar-refractivity contribution < 1.29 is 4.79 Å². The van der Waals surface area contributed by atoms with Crippen LogP contribution in [-0.4, -0.2) is 39.9 Å². The summed E-state index contributed by atoms with van der Waals surface area (Å²) >= 11 is 1.66. The van der Waals surface area contributed by atoms with Crippen molar-refractivity contribution in [3.63, 3.8) is 0 Å². The van der Waals surface area contributed by atoms with Crippen LogP contribution in [0.5, 0.6) is 0 Å². The van der Waals surface area contributed by atoms with Crippen LogP contribution in [0, 0.1) is 0 Å². The normalized spacial score (nSPS) is 12.1. The van der Waals surface area contributed by atoms with Crippen molar-refractivity contribution >= 4 is 23.4 Å². The number of nitrogens with one attached hydrogen (secondary N) is 1. The number of hydrogen-bond donors (Lipinski definition) is 1. The van der Waals surface area contributed by atoms with Gasteiger partial charge in [-0.3, -0.25) is 9.69 Å². The van der Waals surface area contributed by atoms with E-state index in [2.05, 4.69) is 10.4 Å². The predicted octanol–water partition coefficient (Wildman–Crippen LogP) is 4.05. The van der Waals surface area contributed by atoms with Crippen molar-refractivity contribution in [2.45, 2.75) is 24.4 Å². The number of aromatic nitrogens is 2. The summed E-state index contributed by atoms with van der Waals surface area (Å²) in [6.45, 7) is 2.56. The highest BCUT2D eigenvalue weighted by molar-refractivity contribution is 7.98. The molecule has 140 valence electrons. The lowest BCUT2D eigenvalue weighted by Gasteiger charge is -2.23. The van der Waals surface area contributed by atoms with Gasteiger partial charge in [-0.1, -0.05) is 24.3 Å². The first-order valence-electron chi connectivity index (χ1n) is 8.81. The Bertz CT molecular complexity index is 894. The standard InChI is InChI=1S/C21H24N4OS/c1-16(21(26)23-18-8-7-11-20(12-18)27-3)24(2)14-17-13-22-25(15-17)19-9-5-4-6-10-19/h4-13,15-16H,14H2,1-3H3,(H,23,26). The van der Waals surface area contributed by atoms with Crippen molar-refractivity contribution in [3.05, 3.63) is 72.6 Å². The molecule has 0 fully saturated rings. The minimum Gasteiger partial charge on any atom is -0.325 e. The summed E-state index contributed by atoms with van der Waals surface area (Å²) in [7, 11) is 1.95. The summed E-state index contributed by atoms with van der Waals surface area (Å²) in [6.07, 6.45) is 5.86. The Kier molecular flexibility index (Phi) is 6.32. The molecule has 3 rings (SSSR count). The molecule has 1 heterocycles. The summed E-state index contributed by atoms with van der Waals surface area (Å²) in [5.74, 6) is -0.0220. The SMILES string of the molecule is CSc1cccc(NC(=O)C(C)N(C)Cc2cnn(-c3ccccc3)c2)c1. The molecule has 1 unspecified atom stereocenters. The van der Waals surface area contributed by atoms with Gasteiger partial charge in [-0.25, -0.2) is 4.68 Å². The average molecular weight is 381 g/mol. The third-order valence-electron chi connectivity index (χ3n) is 4.47. The highest BCUT2D eigenvalue weighted by atomic mass is 32.2. The van der Waals surface area contributed by atoms with E-state index in [-0.39, 0.29) is 11.9 Å². The number of amides is 1. The average Bonchev–Trinajstić information content (AvgIpc) is 3.16. The zero-order chi connectivity index (χ0) is 19.2. The van der Waals surface area contributed by atoms with Crippen LogP contribution in [0.25, 0.3) is 5.69 Å². The van der Waals surface area contributed by atoms with Gasteiger partial charge in [0.1, 0.15) is 0 Å². The van der Waals surface area contributed by atoms with Gasteiger partial charge in [-0.15, -0.1) is 11.8 Å². The van der Waals surface area contributed by atoms with Gasteiger partial charge >= 0.3 is 0 Å². The topological polar surface area (TPSA) is 50.2 Å². The minimum absolute atomic E-state index is 0.0220. The van der Waals surface area contributed by atoms with Crippen molar-refractivity contribution in [2.24, 2.45) is 0 Å². The van der Waals surface area contributed by atoms with Gasteiger partial charge in [-0.2, -0.15) is 5.10 Å². The maximum atomic E-state index is 12.6. The Morgan fingerprint density at radius 1 is 1.22 bits per heavy atom. The van der Waals surface area contributed by atoms with E-state index in [1.165, 1.54) is 0 Å². The molecule has 1 atom stereocenters. The van der Waals surface area contributed by atoms with E-state index in [0.717, 1.165) is 21.8 Å². The van der Waals surface area contributed by atoms with Gasteiger partial charge in [0.05, 0.1) is 17.9 Å². The third-order valence-corrected chi connectivity index (χ3v) is 5.19. The van der Waals surface area contributed by atoms with Gasteiger partial charge in [0.25, 0.3) is 0 Å². The molecule has 0 spiro atoms. The Hall–Kier alpha value is -2.57. The molecule has 0 aliphatic heterocycles. The molecule has 1 amide bonds. The van der Waals surface area contributed by atoms with E-state index in [0.29, 0.717) is 6.54 Å². The first-order valence-corrected chi connectivity index (χ1v) is 10.0. The third kappa shape index (κ3) is 4.99. The Morgan fingerprint density at radius 3 is 2.74 bits per heavy atom. The second-order valence-electron chi connectivity index (χ2n) is 6.44. The lowest BCUT2D eigenvalue weighted by Crippen LogP contribution is -2.39. The van der Waals surface area contributed by atoms with Crippen LogP contribution in [0.3, 0.4) is 0 Å². The molecule has 0 saturated heterocycles. The van der Waals surface area contributed by atoms with E-state index in [1.54, 1.807) is 11.8 Å². The molecule has 1 aromatic heterocycles. The van der Waals surface area contributed by atoms with Crippen LogP contribution in [0.1, 0.15) is 12.5 Å². The second-order valence-corrected chi connectivity index (χ2v) is 7.32. The second kappa shape index (κ2) is 8.88. The Balaban J connectivity index is 1.61. The van der Waals surface area contributed by atoms with E-state index in [1.807, 2.05) is 96.8 Å². The number of rotatable bonds is 7. The maximum absolute atomic E-state index is 12.6. The molecule has 0 saturated carbocycles. The molecule has 0 aliphatic carbocycles. The zero-order valence-electron chi connectivity index (χ0n) is 15.8. The van der Waals surface area contributed by atoms with Crippen LogP contribution >= 0.6 is 11.8 Å². The largest absolute Gasteiger partial charge is 0.325 e. The van der Waals surface area contributed by atoms with Crippen molar-refractivity contribution in [2.75, 3.05) is 18.6 Å². The maximum Gasteiger partial charge on any atom is 0.241 e. The number of nitrogens with zero attached hydrogens (tertiary/aromatic N) is 3. The number of carbonyl (C=O) groups excluding carboxylic acids is 1. The number of para-hydroxylation sites is 1. The fourth-order valence-electron chi connectivity index (χ4n) is 2.74. The number of thioether (sulfide) groups is 1. The summed E-state index contributed by atoms with van der Waals surface area (Å²) < 4.78 is 1.85. The number of likely N-dealkylation sites (N-methyl/N-ethyl adjacent to an activating group) is 1. The summed E-state index contributed by atoms with van der Waals surface area (Å²) in [6, 6.07) is 17.6. The van der Waals surface area contributed by atoms with E-state index in [4.69, 9.17) is 0 Å². The lowest BCUT2D eigenvalue weighted by atomic mass is 10.2. The minimum atomic E-state index is -0.261. The van der Waals surface area contributed by atoms with Crippen LogP contribution in [0.15, 0.2) is 71.9 Å². The lowest BCUT2D eigenvalue weighted by molar-refractivity contribution is -0.120. The first-order chi connectivity index (χ1) is 13.1. The van der Waals surface area contributed by atoms with Crippen LogP contribution in [0.4, 0.5) is 5.69 Å². The summed E-state index contributed by atoms with van der Waals surface area (Å²) in [5, 5.41) is 7.42. The van der Waals surface area contributed by atoms with Crippen molar-refractivity contribution in [1.29, 1.82) is 0 Å². The molecule has 1 N–H and O–H groups in total. The van der Waals surface area contributed by atoms with Crippen LogP contribution < -0.4 is 5.32 Å². The predicted molar refractivity (Wildman–Crippen MR) is 111 cm³/mol. The molecular formula is C21H24N4OS. The van der Waals surface area contributed by atoms with Gasteiger partial charge in [0.2, 0.25) is 5.91 Å². The first kappa shape index (κ1) is 19.2. The number of benzene rings is 2. The van der Waals surface area contributed by atoms with Crippen LogP contribution in [0.2, 0.25) is 0 Å². The van der Waals surface area contributed by atoms with Gasteiger partial charge < -0.3 is 5.32 Å². The Morgan fingerprint density at radius 2 is 2.00 bits per heavy atom. The molecule has 3 aromatic rings. The van der Waals surface area contributed by atoms with E-state index in [9.17, 15) is 4.79 Å². The van der Waals surface area contributed by atoms with Gasteiger partial charge in [0.15, 0.2) is 0 Å². The monoisotopic (exact) mass is 380 g/mol. The molecule has 0 bridgehead atoms. The fraction of sp³-hybridized carbons (Fsp3) is 0.238. The van der Waals surface area contributed by atoms with Crippen molar-refractivity contribution in [3.8, 4) is 5.69 Å². The summed E-state index contributed by atoms with van der Waals surface area (Å²) in [5.41, 5.74) is 2.90. The molecule has 5 nitrogen and oxygen atoms in total. The van der Waals surface area contributed by atoms with E-state index >= 15 is 0 Å². The van der Waals surface area contributed by atoms with Gasteiger partial charge in [0, 0.05) is 28.9 Å². The number of anilines is 1. The molecule has 2 aromatic carbocycles. The van der Waals surface area contributed by atoms with Crippen molar-refractivity contribution in [1.82, 2.24) is 14.7 Å². The van der Waals surface area contributed by atoms with Crippen LogP contribution in [-0.2, 0) is 11.3 Å². The number of hydrogen-bond acceptors (Lipinski definition) is 4. The molecular weight excluding hydrogens is 356 g/mol. The fourth-order valence-corrected chi connectivity index (χ4v) is 3.20. The molecule has 27 heavy (non-hydrogen) atoms. The quantitative estimate of drug-likeness (QED) is 0.628. The highest BCUT2D eigenvalue weighted by Gasteiger charge is 2.19. The molecule has 6 heteroatoms. The molecule has 0 radical (unpaired) electrons. The smallest absolute Gasteiger partial charge is 0.241 e. The highest BCUT2D eigenvalue weighted by Crippen LogP contribution is 2.19. The van der Waals surface area contributed by atoms with E-state index < -0.39 is 0 Å². The molecule has 0 aliphatic rings. The Labute approximate surface area is 164 Å². The number of carbonyl (C=O) groups is 1. The summed E-state index contributed by atoms with van der Waals surface area (Å²) in [4.78, 5) is 15.7. The zero-order valence-corrected chi connectivity index (χ0v) is 16.6. The van der Waals surface area contributed by atoms with Gasteiger partial charge in [-0.05, 0) is 50.6 Å².